The number of aryl methyl sites for hydroxylation is 1. The molecule has 0 aromatic heterocycles. The van der Waals surface area contributed by atoms with E-state index in [1.807, 2.05) is 6.92 Å². The molecule has 0 fully saturated rings. The van der Waals surface area contributed by atoms with Crippen molar-refractivity contribution in [1.82, 2.24) is 0 Å². The van der Waals surface area contributed by atoms with Crippen molar-refractivity contribution < 1.29 is 23.4 Å². The number of carbonyl (C=O) groups excluding carboxylic acids is 1. The van der Waals surface area contributed by atoms with Gasteiger partial charge in [0.05, 0.1) is 5.57 Å². The van der Waals surface area contributed by atoms with E-state index in [-0.39, 0.29) is 17.1 Å². The number of ether oxygens (including phenoxy) is 1. The number of Topliss-reactive ketones (excluding diaryl/α,β-unsaturated/α-hetero) is 1. The van der Waals surface area contributed by atoms with Crippen LogP contribution < -0.4 is 0 Å². The zero-order valence-electron chi connectivity index (χ0n) is 16.0. The van der Waals surface area contributed by atoms with Gasteiger partial charge in [-0.05, 0) is 75.1 Å². The minimum Gasteiger partial charge on any atom is -0.508 e. The number of benzene rings is 2. The Morgan fingerprint density at radius 2 is 1.48 bits per heavy atom. The summed E-state index contributed by atoms with van der Waals surface area (Å²) in [6.45, 7) is 8.56. The molecule has 1 aliphatic heterocycles. The summed E-state index contributed by atoms with van der Waals surface area (Å²) in [7, 11) is 0. The first kappa shape index (κ1) is 19.2. The summed E-state index contributed by atoms with van der Waals surface area (Å²) < 4.78 is 32.7. The average Bonchev–Trinajstić information content (AvgIpc) is 2.57. The highest BCUT2D eigenvalue weighted by Gasteiger charge is 2.47. The summed E-state index contributed by atoms with van der Waals surface area (Å²) >= 11 is 0. The van der Waals surface area contributed by atoms with Crippen LogP contribution in [0.15, 0.2) is 42.2 Å². The summed E-state index contributed by atoms with van der Waals surface area (Å²) in [6.07, 6.45) is 0. The molecule has 0 amide bonds. The summed E-state index contributed by atoms with van der Waals surface area (Å²) in [5.41, 5.74) is 0.484. The monoisotopic (exact) mass is 372 g/mol. The zero-order chi connectivity index (χ0) is 20.1. The molecule has 0 saturated heterocycles. The lowest BCUT2D eigenvalue weighted by atomic mass is 9.81. The fraction of sp³-hybridized carbons (Fsp3) is 0.318. The highest BCUT2D eigenvalue weighted by Crippen LogP contribution is 2.41. The van der Waals surface area contributed by atoms with E-state index in [9.17, 15) is 18.7 Å². The highest BCUT2D eigenvalue weighted by molar-refractivity contribution is 6.26. The van der Waals surface area contributed by atoms with Gasteiger partial charge in [-0.25, -0.2) is 8.78 Å². The smallest absolute Gasteiger partial charge is 0.198 e. The van der Waals surface area contributed by atoms with Gasteiger partial charge in [0.15, 0.2) is 17.4 Å². The molecule has 3 nitrogen and oxygen atoms in total. The van der Waals surface area contributed by atoms with Crippen LogP contribution in [-0.4, -0.2) is 22.1 Å². The van der Waals surface area contributed by atoms with Gasteiger partial charge in [-0.15, -0.1) is 0 Å². The van der Waals surface area contributed by atoms with Crippen LogP contribution in [0.2, 0.25) is 0 Å². The molecule has 0 atom stereocenters. The van der Waals surface area contributed by atoms with E-state index >= 15 is 0 Å². The fourth-order valence-electron chi connectivity index (χ4n) is 3.44. The molecule has 1 heterocycles. The molecule has 0 aliphatic carbocycles. The van der Waals surface area contributed by atoms with Gasteiger partial charge in [0.25, 0.3) is 0 Å². The molecule has 0 radical (unpaired) electrons. The number of carbonyl (C=O) groups is 1. The van der Waals surface area contributed by atoms with Crippen molar-refractivity contribution in [3.05, 3.63) is 64.9 Å². The van der Waals surface area contributed by atoms with E-state index in [4.69, 9.17) is 4.74 Å². The van der Waals surface area contributed by atoms with E-state index < -0.39 is 22.8 Å². The average molecular weight is 372 g/mol. The maximum absolute atomic E-state index is 13.6. The van der Waals surface area contributed by atoms with E-state index in [1.54, 1.807) is 45.9 Å². The second-order valence-corrected chi connectivity index (χ2v) is 7.83. The summed E-state index contributed by atoms with van der Waals surface area (Å²) in [4.78, 5) is 13.0. The van der Waals surface area contributed by atoms with Crippen LogP contribution in [0.4, 0.5) is 8.78 Å². The lowest BCUT2D eigenvalue weighted by molar-refractivity contribution is -0.158. The predicted molar refractivity (Wildman–Crippen MR) is 100 cm³/mol. The van der Waals surface area contributed by atoms with E-state index in [0.29, 0.717) is 16.7 Å². The van der Waals surface area contributed by atoms with Crippen LogP contribution in [0.25, 0.3) is 16.7 Å². The summed E-state index contributed by atoms with van der Waals surface area (Å²) in [5.74, 6) is -2.34. The normalized spacial score (nSPS) is 18.7. The number of hydrogen-bond donors (Lipinski definition) is 1. The molecule has 0 saturated carbocycles. The van der Waals surface area contributed by atoms with Gasteiger partial charge in [-0.1, -0.05) is 18.2 Å². The van der Waals surface area contributed by atoms with Crippen molar-refractivity contribution in [1.29, 1.82) is 0 Å². The number of hydrogen-bond acceptors (Lipinski definition) is 3. The minimum absolute atomic E-state index is 0.141. The quantitative estimate of drug-likeness (QED) is 0.771. The fourth-order valence-corrected chi connectivity index (χ4v) is 3.44. The minimum atomic E-state index is -1.10. The maximum atomic E-state index is 13.6. The van der Waals surface area contributed by atoms with E-state index in [0.717, 1.165) is 17.7 Å². The van der Waals surface area contributed by atoms with Crippen LogP contribution >= 0.6 is 0 Å². The molecule has 1 N–H and O–H groups in total. The Balaban J connectivity index is 2.22. The number of rotatable bonds is 2. The van der Waals surface area contributed by atoms with Gasteiger partial charge in [0, 0.05) is 0 Å². The van der Waals surface area contributed by atoms with Crippen molar-refractivity contribution in [3.63, 3.8) is 0 Å². The third-order valence-electron chi connectivity index (χ3n) is 4.85. The lowest BCUT2D eigenvalue weighted by Crippen LogP contribution is -2.49. The molecule has 0 unspecified atom stereocenters. The lowest BCUT2D eigenvalue weighted by Gasteiger charge is -2.40. The highest BCUT2D eigenvalue weighted by atomic mass is 19.2. The first-order chi connectivity index (χ1) is 12.4. The molecule has 0 spiro atoms. The van der Waals surface area contributed by atoms with Gasteiger partial charge in [0.1, 0.15) is 17.0 Å². The third kappa shape index (κ3) is 3.28. The third-order valence-corrected chi connectivity index (χ3v) is 4.85. The van der Waals surface area contributed by atoms with Crippen LogP contribution in [-0.2, 0) is 9.53 Å². The number of aliphatic hydroxyl groups excluding tert-OH is 1. The largest absolute Gasteiger partial charge is 0.508 e. The van der Waals surface area contributed by atoms with Crippen molar-refractivity contribution in [2.75, 3.05) is 0 Å². The molecular weight excluding hydrogens is 350 g/mol. The van der Waals surface area contributed by atoms with Crippen molar-refractivity contribution in [2.24, 2.45) is 0 Å². The van der Waals surface area contributed by atoms with Crippen molar-refractivity contribution >= 4 is 11.4 Å². The second-order valence-electron chi connectivity index (χ2n) is 7.83. The van der Waals surface area contributed by atoms with Crippen LogP contribution in [0.3, 0.4) is 0 Å². The molecule has 5 heteroatoms. The zero-order valence-corrected chi connectivity index (χ0v) is 16.0. The molecule has 1 aliphatic rings. The molecule has 27 heavy (non-hydrogen) atoms. The Labute approximate surface area is 157 Å². The number of halogens is 2. The molecule has 142 valence electrons. The summed E-state index contributed by atoms with van der Waals surface area (Å²) in [5, 5.41) is 10.7. The van der Waals surface area contributed by atoms with Gasteiger partial charge >= 0.3 is 0 Å². The second kappa shape index (κ2) is 6.27. The van der Waals surface area contributed by atoms with Gasteiger partial charge < -0.3 is 9.84 Å². The Kier molecular flexibility index (Phi) is 4.47. The van der Waals surface area contributed by atoms with Crippen molar-refractivity contribution in [2.45, 2.75) is 45.8 Å². The molecule has 0 bridgehead atoms. The van der Waals surface area contributed by atoms with Crippen molar-refractivity contribution in [3.8, 4) is 11.1 Å². The first-order valence-corrected chi connectivity index (χ1v) is 8.69. The van der Waals surface area contributed by atoms with E-state index in [2.05, 4.69) is 0 Å². The van der Waals surface area contributed by atoms with Gasteiger partial charge in [-0.3, -0.25) is 4.79 Å². The topological polar surface area (TPSA) is 46.5 Å². The SMILES string of the molecule is Cc1ccc(-c2ccc(F)c(F)c2)cc1C1=C(O)C(C)(C)OC(C)(C)C1=O. The standard InChI is InChI=1S/C22H22F2O3/c1-12-6-7-13(14-8-9-16(23)17(24)11-14)10-15(12)18-19(25)21(2,3)27-22(4,5)20(18)26/h6-11,25H,1-5H3. The predicted octanol–water partition coefficient (Wildman–Crippen LogP) is 5.37. The Bertz CT molecular complexity index is 972. The van der Waals surface area contributed by atoms with E-state index in [1.165, 1.54) is 6.07 Å². The molecular formula is C22H22F2O3. The molecule has 2 aromatic rings. The summed E-state index contributed by atoms with van der Waals surface area (Å²) in [6, 6.07) is 8.91. The molecule has 2 aromatic carbocycles. The number of aliphatic hydroxyl groups is 1. The van der Waals surface area contributed by atoms with Crippen LogP contribution in [0.1, 0.15) is 38.8 Å². The van der Waals surface area contributed by atoms with Gasteiger partial charge in [-0.2, -0.15) is 0 Å². The van der Waals surface area contributed by atoms with Gasteiger partial charge in [0.2, 0.25) is 0 Å². The Morgan fingerprint density at radius 1 is 0.889 bits per heavy atom. The molecule has 3 rings (SSSR count). The Morgan fingerprint density at radius 3 is 2.11 bits per heavy atom. The van der Waals surface area contributed by atoms with Crippen LogP contribution in [0.5, 0.6) is 0 Å². The first-order valence-electron chi connectivity index (χ1n) is 8.69. The Hall–Kier alpha value is -2.53. The maximum Gasteiger partial charge on any atom is 0.198 e. The number of ketones is 1. The van der Waals surface area contributed by atoms with Crippen LogP contribution in [0, 0.1) is 18.6 Å².